The van der Waals surface area contributed by atoms with Gasteiger partial charge in [0.15, 0.2) is 5.69 Å². The maximum absolute atomic E-state index is 14.8. The molecule has 15 heteroatoms. The molecular formula is C38H42F3N7O5. The van der Waals surface area contributed by atoms with Crippen molar-refractivity contribution in [3.05, 3.63) is 59.7 Å². The number of nitrogens with zero attached hydrogens (tertiary/aromatic N) is 6. The zero-order valence-corrected chi connectivity index (χ0v) is 29.2. The van der Waals surface area contributed by atoms with Gasteiger partial charge in [0.1, 0.15) is 17.4 Å². The van der Waals surface area contributed by atoms with Crippen LogP contribution in [0.15, 0.2) is 42.9 Å². The number of carbonyl (C=O) groups excluding carboxylic acids is 1. The molecule has 2 aromatic heterocycles. The van der Waals surface area contributed by atoms with Crippen LogP contribution >= 0.6 is 0 Å². The van der Waals surface area contributed by atoms with Crippen molar-refractivity contribution in [2.75, 3.05) is 42.6 Å². The second kappa shape index (κ2) is 12.8. The van der Waals surface area contributed by atoms with Crippen LogP contribution in [0.2, 0.25) is 0 Å². The van der Waals surface area contributed by atoms with E-state index in [-0.39, 0.29) is 23.9 Å². The highest BCUT2D eigenvalue weighted by Crippen LogP contribution is 2.58. The summed E-state index contributed by atoms with van der Waals surface area (Å²) in [5.74, 6) is -0.933. The van der Waals surface area contributed by atoms with Crippen molar-refractivity contribution < 1.29 is 37.3 Å². The summed E-state index contributed by atoms with van der Waals surface area (Å²) in [4.78, 5) is 47.6. The van der Waals surface area contributed by atoms with Crippen LogP contribution in [0, 0.1) is 23.7 Å². The molecule has 280 valence electrons. The highest BCUT2D eigenvalue weighted by Gasteiger charge is 2.62. The molecule has 0 radical (unpaired) electrons. The molecule has 0 unspecified atom stereocenters. The fourth-order valence-corrected chi connectivity index (χ4v) is 10.6. The van der Waals surface area contributed by atoms with Crippen molar-refractivity contribution in [2.45, 2.75) is 81.0 Å². The molecule has 53 heavy (non-hydrogen) atoms. The molecule has 6 fully saturated rings. The van der Waals surface area contributed by atoms with E-state index in [1.165, 1.54) is 0 Å². The van der Waals surface area contributed by atoms with Crippen molar-refractivity contribution in [3.63, 3.8) is 0 Å². The molecule has 2 saturated heterocycles. The van der Waals surface area contributed by atoms with Crippen molar-refractivity contribution in [1.29, 1.82) is 0 Å². The summed E-state index contributed by atoms with van der Waals surface area (Å²) in [5, 5.41) is 13.1. The van der Waals surface area contributed by atoms with Gasteiger partial charge in [-0.25, -0.2) is 24.7 Å². The summed E-state index contributed by atoms with van der Waals surface area (Å²) in [6.45, 7) is 2.84. The number of carboxylic acids is 1. The first-order valence-corrected chi connectivity index (χ1v) is 18.7. The number of ether oxygens (including phenoxy) is 2. The van der Waals surface area contributed by atoms with Gasteiger partial charge in [-0.3, -0.25) is 4.79 Å². The SMILES string of the molecule is O=C(NC1(C(=O)O)C2CC3CC(C2)CC1C3)c1cnc(N2CC3(CCOCC3)c3cc(OC4CCN(c5ncccn5)CC4)ccc32)nc1C(F)(F)F. The predicted molar refractivity (Wildman–Crippen MR) is 185 cm³/mol. The minimum absolute atomic E-state index is 0.0216. The second-order valence-electron chi connectivity index (χ2n) is 15.9. The Morgan fingerprint density at radius 1 is 0.943 bits per heavy atom. The van der Waals surface area contributed by atoms with Gasteiger partial charge in [-0.15, -0.1) is 0 Å². The normalized spacial score (nSPS) is 29.0. The van der Waals surface area contributed by atoms with Gasteiger partial charge in [0.2, 0.25) is 11.9 Å². The number of hydrogen-bond acceptors (Lipinski definition) is 10. The Kier molecular flexibility index (Phi) is 8.28. The fraction of sp³-hybridized carbons (Fsp3) is 0.579. The summed E-state index contributed by atoms with van der Waals surface area (Å²) < 4.78 is 56.6. The monoisotopic (exact) mass is 733 g/mol. The zero-order chi connectivity index (χ0) is 36.5. The first-order chi connectivity index (χ1) is 25.5. The van der Waals surface area contributed by atoms with E-state index in [4.69, 9.17) is 9.47 Å². The molecule has 1 aromatic carbocycles. The number of fused-ring (bicyclic) bond motifs is 2. The third-order valence-electron chi connectivity index (χ3n) is 13.0. The summed E-state index contributed by atoms with van der Waals surface area (Å²) in [6.07, 6.45) is 5.88. The summed E-state index contributed by atoms with van der Waals surface area (Å²) in [7, 11) is 0. The minimum atomic E-state index is -5.00. The smallest absolute Gasteiger partial charge is 0.434 e. The number of anilines is 3. The third-order valence-corrected chi connectivity index (χ3v) is 13.0. The van der Waals surface area contributed by atoms with Crippen LogP contribution in [0.5, 0.6) is 5.75 Å². The van der Waals surface area contributed by atoms with Crippen LogP contribution in [-0.2, 0) is 21.1 Å². The van der Waals surface area contributed by atoms with Crippen LogP contribution in [0.4, 0.5) is 30.8 Å². The van der Waals surface area contributed by atoms with E-state index in [0.29, 0.717) is 87.5 Å². The second-order valence-corrected chi connectivity index (χ2v) is 15.9. The van der Waals surface area contributed by atoms with Crippen LogP contribution < -0.4 is 19.9 Å². The average molecular weight is 734 g/mol. The van der Waals surface area contributed by atoms with Crippen molar-refractivity contribution in [2.24, 2.45) is 23.7 Å². The lowest BCUT2D eigenvalue weighted by Gasteiger charge is -2.59. The summed E-state index contributed by atoms with van der Waals surface area (Å²) in [5.41, 5.74) is -2.57. The number of nitrogens with one attached hydrogen (secondary N) is 1. The predicted octanol–water partition coefficient (Wildman–Crippen LogP) is 5.54. The van der Waals surface area contributed by atoms with E-state index in [2.05, 4.69) is 30.2 Å². The highest BCUT2D eigenvalue weighted by molar-refractivity contribution is 5.99. The molecule has 0 atom stereocenters. The molecule has 7 aliphatic rings. The maximum atomic E-state index is 14.8. The largest absolute Gasteiger partial charge is 0.490 e. The van der Waals surface area contributed by atoms with Crippen LogP contribution in [-0.4, -0.2) is 81.4 Å². The Hall–Kier alpha value is -4.53. The van der Waals surface area contributed by atoms with E-state index in [1.54, 1.807) is 23.4 Å². The molecular weight excluding hydrogens is 691 g/mol. The Morgan fingerprint density at radius 2 is 1.62 bits per heavy atom. The zero-order valence-electron chi connectivity index (χ0n) is 29.2. The number of carbonyl (C=O) groups is 2. The number of aliphatic carboxylic acids is 1. The summed E-state index contributed by atoms with van der Waals surface area (Å²) >= 11 is 0. The number of piperidine rings is 1. The first-order valence-electron chi connectivity index (χ1n) is 18.7. The van der Waals surface area contributed by atoms with Crippen molar-refractivity contribution in [3.8, 4) is 5.75 Å². The molecule has 1 spiro atoms. The highest BCUT2D eigenvalue weighted by atomic mass is 19.4. The van der Waals surface area contributed by atoms with Gasteiger partial charge < -0.3 is 29.7 Å². The van der Waals surface area contributed by atoms with Gasteiger partial charge in [-0.2, -0.15) is 13.2 Å². The Balaban J connectivity index is 0.989. The number of halogens is 3. The van der Waals surface area contributed by atoms with E-state index in [1.807, 2.05) is 18.2 Å². The molecule has 2 N–H and O–H groups in total. The number of alkyl halides is 3. The fourth-order valence-electron chi connectivity index (χ4n) is 10.6. The van der Waals surface area contributed by atoms with Gasteiger partial charge in [-0.1, -0.05) is 0 Å². The van der Waals surface area contributed by atoms with Crippen molar-refractivity contribution >= 4 is 29.5 Å². The number of benzene rings is 1. The first kappa shape index (κ1) is 34.3. The lowest BCUT2D eigenvalue weighted by atomic mass is 9.48. The van der Waals surface area contributed by atoms with E-state index < -0.39 is 40.3 Å². The van der Waals surface area contributed by atoms with E-state index >= 15 is 0 Å². The number of hydrogen-bond donors (Lipinski definition) is 2. The molecule has 4 saturated carbocycles. The Labute approximate surface area is 304 Å². The lowest BCUT2D eigenvalue weighted by Crippen LogP contribution is -2.70. The van der Waals surface area contributed by atoms with Crippen molar-refractivity contribution in [1.82, 2.24) is 25.3 Å². The molecule has 4 aliphatic carbocycles. The Bertz CT molecular complexity index is 1870. The number of rotatable bonds is 7. The molecule has 3 aliphatic heterocycles. The topological polar surface area (TPSA) is 143 Å². The maximum Gasteiger partial charge on any atom is 0.434 e. The number of amides is 1. The van der Waals surface area contributed by atoms with Crippen LogP contribution in [0.3, 0.4) is 0 Å². The van der Waals surface area contributed by atoms with Crippen LogP contribution in [0.1, 0.15) is 79.4 Å². The van der Waals surface area contributed by atoms with Gasteiger partial charge in [-0.05, 0) is 98.4 Å². The third kappa shape index (κ3) is 5.86. The molecule has 12 nitrogen and oxygen atoms in total. The number of aromatic nitrogens is 4. The van der Waals surface area contributed by atoms with Gasteiger partial charge >= 0.3 is 12.1 Å². The molecule has 1 amide bonds. The molecule has 3 aromatic rings. The van der Waals surface area contributed by atoms with Gasteiger partial charge in [0, 0.05) is 75.4 Å². The average Bonchev–Trinajstić information content (AvgIpc) is 3.45. The lowest BCUT2D eigenvalue weighted by molar-refractivity contribution is -0.163. The van der Waals surface area contributed by atoms with Gasteiger partial charge in [0.25, 0.3) is 5.91 Å². The van der Waals surface area contributed by atoms with E-state index in [0.717, 1.165) is 44.1 Å². The molecule has 5 heterocycles. The molecule has 4 bridgehead atoms. The summed E-state index contributed by atoms with van der Waals surface area (Å²) in [6, 6.07) is 7.47. The van der Waals surface area contributed by atoms with Crippen LogP contribution in [0.25, 0.3) is 0 Å². The Morgan fingerprint density at radius 3 is 2.26 bits per heavy atom. The van der Waals surface area contributed by atoms with Gasteiger partial charge in [0.05, 0.1) is 5.56 Å². The standard InChI is InChI=1S/C38H42F3N7O5/c39-38(40,41)31-28(32(49)46-37(33(50)51)24-15-22-14-23(17-24)18-25(37)16-22)20-44-35(45-31)48-21-36(6-12-52-13-7-36)29-19-27(2-3-30(29)48)53-26-4-10-47(11-5-26)34-42-8-1-9-43-34/h1-3,8-9,19-20,22-26H,4-7,10-18,21H2,(H,46,49)(H,50,51). The quantitative estimate of drug-likeness (QED) is 0.316. The van der Waals surface area contributed by atoms with E-state index in [9.17, 15) is 27.9 Å². The minimum Gasteiger partial charge on any atom is -0.490 e. The number of carboxylic acid groups (broad SMARTS) is 1. The molecule has 10 rings (SSSR count).